The van der Waals surface area contributed by atoms with Crippen LogP contribution in [0.4, 0.5) is 0 Å². The third-order valence-corrected chi connectivity index (χ3v) is 7.03. The van der Waals surface area contributed by atoms with E-state index >= 15 is 0 Å². The molecule has 2 aliphatic rings. The SMILES string of the molecule is O=C(O)COc1cccc(C23CCCC2(Cc2nc(-c4ccccc4)c(-c4ccccc4)o2)O3)c1. The Bertz CT molecular complexity index is 1310. The van der Waals surface area contributed by atoms with Crippen molar-refractivity contribution in [2.45, 2.75) is 36.9 Å². The van der Waals surface area contributed by atoms with Gasteiger partial charge in [-0.3, -0.25) is 0 Å². The largest absolute Gasteiger partial charge is 0.482 e. The van der Waals surface area contributed by atoms with Crippen molar-refractivity contribution in [3.63, 3.8) is 0 Å². The number of fused-ring (bicyclic) bond motifs is 1. The van der Waals surface area contributed by atoms with Gasteiger partial charge in [-0.05, 0) is 37.0 Å². The normalized spacial score (nSPS) is 22.5. The van der Waals surface area contributed by atoms with Crippen LogP contribution in [0.3, 0.4) is 0 Å². The molecular weight excluding hydrogens is 442 g/mol. The van der Waals surface area contributed by atoms with Crippen molar-refractivity contribution in [2.75, 3.05) is 6.61 Å². The Kier molecular flexibility index (Phi) is 5.19. The zero-order chi connectivity index (χ0) is 23.9. The molecule has 0 radical (unpaired) electrons. The molecule has 0 bridgehead atoms. The number of rotatable bonds is 8. The van der Waals surface area contributed by atoms with Crippen molar-refractivity contribution in [1.29, 1.82) is 0 Å². The Labute approximate surface area is 203 Å². The monoisotopic (exact) mass is 467 g/mol. The van der Waals surface area contributed by atoms with Crippen LogP contribution in [0.2, 0.25) is 0 Å². The summed E-state index contributed by atoms with van der Waals surface area (Å²) in [6, 6.07) is 27.7. The number of aliphatic carboxylic acids is 1. The minimum atomic E-state index is -1.00. The summed E-state index contributed by atoms with van der Waals surface area (Å²) >= 11 is 0. The van der Waals surface area contributed by atoms with Crippen molar-refractivity contribution in [1.82, 2.24) is 4.98 Å². The molecule has 1 N–H and O–H groups in total. The highest BCUT2D eigenvalue weighted by atomic mass is 16.6. The molecule has 176 valence electrons. The van der Waals surface area contributed by atoms with Crippen LogP contribution in [0.25, 0.3) is 22.6 Å². The van der Waals surface area contributed by atoms with Crippen LogP contribution in [-0.2, 0) is 21.6 Å². The molecule has 2 unspecified atom stereocenters. The van der Waals surface area contributed by atoms with Crippen LogP contribution in [0.1, 0.15) is 30.7 Å². The topological polar surface area (TPSA) is 85.1 Å². The van der Waals surface area contributed by atoms with E-state index in [1.165, 1.54) is 0 Å². The van der Waals surface area contributed by atoms with Crippen LogP contribution in [0.15, 0.2) is 89.3 Å². The summed E-state index contributed by atoms with van der Waals surface area (Å²) in [5, 5.41) is 8.94. The highest BCUT2D eigenvalue weighted by Gasteiger charge is 2.73. The van der Waals surface area contributed by atoms with Gasteiger partial charge >= 0.3 is 5.97 Å². The van der Waals surface area contributed by atoms with Crippen LogP contribution >= 0.6 is 0 Å². The molecule has 4 aromatic rings. The fourth-order valence-electron chi connectivity index (χ4n) is 5.44. The summed E-state index contributed by atoms with van der Waals surface area (Å²) in [6.07, 6.45) is 3.42. The van der Waals surface area contributed by atoms with Crippen molar-refractivity contribution in [3.8, 4) is 28.3 Å². The quantitative estimate of drug-likeness (QED) is 0.327. The van der Waals surface area contributed by atoms with Gasteiger partial charge < -0.3 is 19.0 Å². The number of ether oxygens (including phenoxy) is 2. The number of hydrogen-bond donors (Lipinski definition) is 1. The van der Waals surface area contributed by atoms with E-state index in [-0.39, 0.29) is 12.2 Å². The van der Waals surface area contributed by atoms with Crippen molar-refractivity contribution < 1.29 is 23.8 Å². The maximum atomic E-state index is 10.9. The summed E-state index contributed by atoms with van der Waals surface area (Å²) in [5.74, 6) is 0.949. The molecule has 1 aliphatic heterocycles. The lowest BCUT2D eigenvalue weighted by atomic mass is 9.86. The first kappa shape index (κ1) is 21.6. The van der Waals surface area contributed by atoms with E-state index in [1.54, 1.807) is 6.07 Å². The van der Waals surface area contributed by atoms with Crippen LogP contribution in [-0.4, -0.2) is 28.3 Å². The molecule has 6 heteroatoms. The van der Waals surface area contributed by atoms with E-state index in [9.17, 15) is 4.79 Å². The first-order chi connectivity index (χ1) is 17.1. The Morgan fingerprint density at radius 1 is 0.943 bits per heavy atom. The maximum Gasteiger partial charge on any atom is 0.341 e. The second kappa shape index (κ2) is 8.40. The molecule has 1 aromatic heterocycles. The summed E-state index contributed by atoms with van der Waals surface area (Å²) < 4.78 is 18.3. The number of aromatic nitrogens is 1. The second-order valence-electron chi connectivity index (χ2n) is 9.18. The molecule has 1 aliphatic carbocycles. The van der Waals surface area contributed by atoms with Gasteiger partial charge in [0.1, 0.15) is 22.6 Å². The minimum absolute atomic E-state index is 0.372. The summed E-state index contributed by atoms with van der Waals surface area (Å²) in [4.78, 5) is 15.9. The molecule has 2 fully saturated rings. The number of carboxylic acids is 1. The van der Waals surface area contributed by atoms with Crippen LogP contribution < -0.4 is 4.74 Å². The number of hydrogen-bond acceptors (Lipinski definition) is 5. The molecule has 3 aromatic carbocycles. The standard InChI is InChI=1S/C29H25NO5/c31-25(32)19-33-23-14-7-13-22(17-23)29-16-8-15-28(29,35-29)18-24-30-26(20-9-3-1-4-10-20)27(34-24)21-11-5-2-6-12-21/h1-7,9-14,17H,8,15-16,18-19H2,(H,31,32). The molecule has 35 heavy (non-hydrogen) atoms. The highest BCUT2D eigenvalue weighted by molar-refractivity contribution is 5.76. The van der Waals surface area contributed by atoms with Crippen LogP contribution in [0.5, 0.6) is 5.75 Å². The Hall–Kier alpha value is -3.90. The van der Waals surface area contributed by atoms with E-state index in [4.69, 9.17) is 24.0 Å². The molecule has 1 saturated carbocycles. The predicted octanol–water partition coefficient (Wildman–Crippen LogP) is 5.86. The van der Waals surface area contributed by atoms with E-state index in [0.29, 0.717) is 18.1 Å². The fraction of sp³-hybridized carbons (Fsp3) is 0.241. The van der Waals surface area contributed by atoms with Crippen molar-refractivity contribution in [2.24, 2.45) is 0 Å². The Balaban J connectivity index is 1.32. The predicted molar refractivity (Wildman–Crippen MR) is 130 cm³/mol. The van der Waals surface area contributed by atoms with Crippen molar-refractivity contribution >= 4 is 5.97 Å². The molecule has 0 spiro atoms. The third kappa shape index (κ3) is 3.80. The lowest BCUT2D eigenvalue weighted by Crippen LogP contribution is -2.21. The molecule has 2 heterocycles. The maximum absolute atomic E-state index is 10.9. The number of nitrogens with zero attached hydrogens (tertiary/aromatic N) is 1. The molecule has 2 atom stereocenters. The average molecular weight is 468 g/mol. The Morgan fingerprint density at radius 2 is 1.69 bits per heavy atom. The van der Waals surface area contributed by atoms with E-state index < -0.39 is 11.6 Å². The van der Waals surface area contributed by atoms with E-state index in [2.05, 4.69) is 0 Å². The molecule has 6 rings (SSSR count). The van der Waals surface area contributed by atoms with Gasteiger partial charge in [0.2, 0.25) is 0 Å². The van der Waals surface area contributed by atoms with Gasteiger partial charge in [-0.2, -0.15) is 0 Å². The number of carbonyl (C=O) groups is 1. The lowest BCUT2D eigenvalue weighted by Gasteiger charge is -2.13. The number of carboxylic acid groups (broad SMARTS) is 1. The van der Waals surface area contributed by atoms with E-state index in [0.717, 1.165) is 47.4 Å². The second-order valence-corrected chi connectivity index (χ2v) is 9.18. The first-order valence-corrected chi connectivity index (χ1v) is 11.8. The third-order valence-electron chi connectivity index (χ3n) is 7.03. The van der Waals surface area contributed by atoms with Gasteiger partial charge in [-0.1, -0.05) is 72.8 Å². The molecule has 1 saturated heterocycles. The number of benzene rings is 3. The number of epoxide rings is 1. The molecule has 0 amide bonds. The Morgan fingerprint density at radius 3 is 2.43 bits per heavy atom. The van der Waals surface area contributed by atoms with Gasteiger partial charge in [0.05, 0.1) is 6.42 Å². The molecule has 6 nitrogen and oxygen atoms in total. The van der Waals surface area contributed by atoms with Gasteiger partial charge in [-0.15, -0.1) is 0 Å². The summed E-state index contributed by atoms with van der Waals surface area (Å²) in [7, 11) is 0. The van der Waals surface area contributed by atoms with E-state index in [1.807, 2.05) is 78.9 Å². The highest BCUT2D eigenvalue weighted by Crippen LogP contribution is 2.67. The average Bonchev–Trinajstić information content (AvgIpc) is 3.15. The van der Waals surface area contributed by atoms with Crippen molar-refractivity contribution in [3.05, 3.63) is 96.4 Å². The van der Waals surface area contributed by atoms with Gasteiger partial charge in [0, 0.05) is 11.1 Å². The van der Waals surface area contributed by atoms with Gasteiger partial charge in [0.15, 0.2) is 18.3 Å². The summed E-state index contributed by atoms with van der Waals surface area (Å²) in [5.41, 5.74) is 3.03. The minimum Gasteiger partial charge on any atom is -0.482 e. The van der Waals surface area contributed by atoms with Gasteiger partial charge in [-0.25, -0.2) is 9.78 Å². The smallest absolute Gasteiger partial charge is 0.341 e. The zero-order valence-corrected chi connectivity index (χ0v) is 19.1. The fourth-order valence-corrected chi connectivity index (χ4v) is 5.44. The molecular formula is C29H25NO5. The first-order valence-electron chi connectivity index (χ1n) is 11.8. The number of oxazole rings is 1. The zero-order valence-electron chi connectivity index (χ0n) is 19.1. The summed E-state index contributed by atoms with van der Waals surface area (Å²) in [6.45, 7) is -0.372. The lowest BCUT2D eigenvalue weighted by molar-refractivity contribution is -0.139. The van der Waals surface area contributed by atoms with Crippen LogP contribution in [0, 0.1) is 0 Å². The van der Waals surface area contributed by atoms with Gasteiger partial charge in [0.25, 0.3) is 0 Å².